The van der Waals surface area contributed by atoms with Gasteiger partial charge in [-0.05, 0) is 36.8 Å². The van der Waals surface area contributed by atoms with Crippen LogP contribution in [0.25, 0.3) is 11.4 Å². The lowest BCUT2D eigenvalue weighted by molar-refractivity contribution is -0.113. The van der Waals surface area contributed by atoms with Crippen LogP contribution in [0.15, 0.2) is 42.1 Å². The van der Waals surface area contributed by atoms with Crippen molar-refractivity contribution in [1.82, 2.24) is 14.8 Å². The topological polar surface area (TPSA) is 122 Å². The molecule has 0 spiro atoms. The number of carbonyl (C=O) groups excluding carboxylic acids is 3. The zero-order chi connectivity index (χ0) is 25.5. The number of esters is 2. The Morgan fingerprint density at radius 3 is 2.40 bits per heavy atom. The molecule has 0 fully saturated rings. The van der Waals surface area contributed by atoms with Crippen molar-refractivity contribution in [3.8, 4) is 17.1 Å². The zero-order valence-electron chi connectivity index (χ0n) is 19.6. The monoisotopic (exact) mass is 516 g/mol. The number of hydrogen-bond donors (Lipinski definition) is 1. The summed E-state index contributed by atoms with van der Waals surface area (Å²) in [5.74, 6) is -0.316. The molecule has 0 radical (unpaired) electrons. The van der Waals surface area contributed by atoms with Crippen LogP contribution in [-0.4, -0.2) is 59.7 Å². The van der Waals surface area contributed by atoms with Crippen molar-refractivity contribution >= 4 is 45.9 Å². The van der Waals surface area contributed by atoms with Crippen LogP contribution in [0.4, 0.5) is 5.00 Å². The van der Waals surface area contributed by atoms with E-state index in [1.54, 1.807) is 20.1 Å². The molecule has 0 aliphatic rings. The molecule has 184 valence electrons. The lowest BCUT2D eigenvalue weighted by atomic mass is 10.1. The van der Waals surface area contributed by atoms with Gasteiger partial charge in [0.1, 0.15) is 15.6 Å². The molecule has 0 bridgehead atoms. The van der Waals surface area contributed by atoms with Gasteiger partial charge in [-0.25, -0.2) is 9.59 Å². The summed E-state index contributed by atoms with van der Waals surface area (Å²) in [7, 11) is 4.07. The fraction of sp³-hybridized carbons (Fsp3) is 0.261. The molecule has 1 N–H and O–H groups in total. The van der Waals surface area contributed by atoms with Gasteiger partial charge in [0.25, 0.3) is 0 Å². The van der Waals surface area contributed by atoms with Crippen molar-refractivity contribution in [2.75, 3.05) is 32.4 Å². The Hall–Kier alpha value is -3.64. The molecule has 0 saturated heterocycles. The number of aromatic nitrogens is 3. The third-order valence-corrected chi connectivity index (χ3v) is 7.02. The van der Waals surface area contributed by atoms with Crippen molar-refractivity contribution < 1.29 is 28.6 Å². The number of rotatable bonds is 10. The van der Waals surface area contributed by atoms with Crippen molar-refractivity contribution in [3.05, 3.63) is 52.9 Å². The van der Waals surface area contributed by atoms with Gasteiger partial charge < -0.3 is 19.5 Å². The maximum Gasteiger partial charge on any atom is 0.348 e. The van der Waals surface area contributed by atoms with Gasteiger partial charge >= 0.3 is 11.9 Å². The standard InChI is InChI=1S/C23H24N4O6S2/c1-6-11-27-19(14-7-9-15(31-3)10-8-14)25-26-23(27)34-12-16(28)24-20-17(21(29)32-4)13(2)18(35-20)22(30)33-5/h6-10H,1,11-12H2,2-5H3,(H,24,28). The minimum atomic E-state index is -0.660. The number of amides is 1. The Kier molecular flexibility index (Phi) is 8.66. The number of nitrogens with one attached hydrogen (secondary N) is 1. The van der Waals surface area contributed by atoms with Gasteiger partial charge in [-0.2, -0.15) is 0 Å². The van der Waals surface area contributed by atoms with E-state index >= 15 is 0 Å². The van der Waals surface area contributed by atoms with E-state index < -0.39 is 17.8 Å². The predicted octanol–water partition coefficient (Wildman–Crippen LogP) is 3.81. The third kappa shape index (κ3) is 5.72. The van der Waals surface area contributed by atoms with Crippen molar-refractivity contribution in [2.24, 2.45) is 0 Å². The van der Waals surface area contributed by atoms with E-state index in [4.69, 9.17) is 14.2 Å². The smallest absolute Gasteiger partial charge is 0.348 e. The van der Waals surface area contributed by atoms with Gasteiger partial charge in [-0.15, -0.1) is 28.1 Å². The largest absolute Gasteiger partial charge is 0.497 e. The Balaban J connectivity index is 1.79. The number of nitrogens with zero attached hydrogens (tertiary/aromatic N) is 3. The van der Waals surface area contributed by atoms with Gasteiger partial charge in [0.2, 0.25) is 5.91 Å². The highest BCUT2D eigenvalue weighted by Gasteiger charge is 2.27. The van der Waals surface area contributed by atoms with Crippen molar-refractivity contribution in [3.63, 3.8) is 0 Å². The molecule has 35 heavy (non-hydrogen) atoms. The SMILES string of the molecule is C=CCn1c(SCC(=O)Nc2sc(C(=O)OC)c(C)c2C(=O)OC)nnc1-c1ccc(OC)cc1. The van der Waals surface area contributed by atoms with Crippen LogP contribution in [0, 0.1) is 6.92 Å². The molecule has 12 heteroatoms. The maximum absolute atomic E-state index is 12.7. The molecule has 1 amide bonds. The Morgan fingerprint density at radius 1 is 1.11 bits per heavy atom. The summed E-state index contributed by atoms with van der Waals surface area (Å²) in [5.41, 5.74) is 1.34. The molecule has 0 unspecified atom stereocenters. The minimum absolute atomic E-state index is 0.0109. The third-order valence-electron chi connectivity index (χ3n) is 4.87. The first-order valence-corrected chi connectivity index (χ1v) is 12.1. The number of hydrogen-bond acceptors (Lipinski definition) is 10. The number of carbonyl (C=O) groups is 3. The van der Waals surface area contributed by atoms with Crippen LogP contribution in [0.3, 0.4) is 0 Å². The number of ether oxygens (including phenoxy) is 3. The molecular weight excluding hydrogens is 492 g/mol. The Morgan fingerprint density at radius 2 is 1.80 bits per heavy atom. The summed E-state index contributed by atoms with van der Waals surface area (Å²) >= 11 is 2.14. The van der Waals surface area contributed by atoms with Crippen molar-refractivity contribution in [1.29, 1.82) is 0 Å². The highest BCUT2D eigenvalue weighted by molar-refractivity contribution is 7.99. The first-order chi connectivity index (χ1) is 16.8. The predicted molar refractivity (Wildman–Crippen MR) is 133 cm³/mol. The van der Waals surface area contributed by atoms with Crippen LogP contribution in [0.2, 0.25) is 0 Å². The average molecular weight is 517 g/mol. The van der Waals surface area contributed by atoms with Gasteiger partial charge in [0.15, 0.2) is 11.0 Å². The number of thioether (sulfide) groups is 1. The van der Waals surface area contributed by atoms with Gasteiger partial charge in [-0.1, -0.05) is 17.8 Å². The summed E-state index contributed by atoms with van der Waals surface area (Å²) < 4.78 is 16.6. The van der Waals surface area contributed by atoms with E-state index in [-0.39, 0.29) is 21.2 Å². The molecule has 2 aromatic heterocycles. The van der Waals surface area contributed by atoms with Gasteiger partial charge in [0, 0.05) is 12.1 Å². The van der Waals surface area contributed by atoms with Crippen LogP contribution in [0.1, 0.15) is 25.6 Å². The molecule has 1 aromatic carbocycles. The molecule has 3 aromatic rings. The number of anilines is 1. The van der Waals surface area contributed by atoms with E-state index in [0.717, 1.165) is 22.6 Å². The quantitative estimate of drug-likeness (QED) is 0.243. The second-order valence-electron chi connectivity index (χ2n) is 7.01. The van der Waals surface area contributed by atoms with E-state index in [0.29, 0.717) is 23.1 Å². The number of benzene rings is 1. The Labute approximate surface area is 210 Å². The van der Waals surface area contributed by atoms with Crippen LogP contribution >= 0.6 is 23.1 Å². The maximum atomic E-state index is 12.7. The summed E-state index contributed by atoms with van der Waals surface area (Å²) in [4.78, 5) is 37.3. The van der Waals surface area contributed by atoms with E-state index in [2.05, 4.69) is 22.1 Å². The highest BCUT2D eigenvalue weighted by atomic mass is 32.2. The fourth-order valence-electron chi connectivity index (χ4n) is 3.17. The van der Waals surface area contributed by atoms with Gasteiger partial charge in [0.05, 0.1) is 32.6 Å². The number of allylic oxidation sites excluding steroid dienone is 1. The lowest BCUT2D eigenvalue weighted by Gasteiger charge is -2.09. The first kappa shape index (κ1) is 26.0. The zero-order valence-corrected chi connectivity index (χ0v) is 21.2. The highest BCUT2D eigenvalue weighted by Crippen LogP contribution is 2.34. The molecule has 2 heterocycles. The van der Waals surface area contributed by atoms with E-state index in [1.165, 1.54) is 26.0 Å². The normalized spacial score (nSPS) is 10.5. The summed E-state index contributed by atoms with van der Waals surface area (Å²) in [6.07, 6.45) is 1.71. The fourth-order valence-corrected chi connectivity index (χ4v) is 5.05. The lowest BCUT2D eigenvalue weighted by Crippen LogP contribution is -2.16. The Bertz CT molecular complexity index is 1250. The van der Waals surface area contributed by atoms with Gasteiger partial charge in [-0.3, -0.25) is 9.36 Å². The van der Waals surface area contributed by atoms with Crippen LogP contribution in [-0.2, 0) is 20.8 Å². The number of thiophene rings is 1. The average Bonchev–Trinajstić information content (AvgIpc) is 3.42. The van der Waals surface area contributed by atoms with Crippen LogP contribution < -0.4 is 10.1 Å². The summed E-state index contributed by atoms with van der Waals surface area (Å²) in [6.45, 7) is 5.83. The second-order valence-corrected chi connectivity index (χ2v) is 8.98. The van der Waals surface area contributed by atoms with Crippen molar-refractivity contribution in [2.45, 2.75) is 18.6 Å². The molecule has 0 saturated carbocycles. The van der Waals surface area contributed by atoms with E-state index in [9.17, 15) is 14.4 Å². The van der Waals surface area contributed by atoms with Crippen LogP contribution in [0.5, 0.6) is 5.75 Å². The first-order valence-electron chi connectivity index (χ1n) is 10.3. The number of methoxy groups -OCH3 is 3. The summed E-state index contributed by atoms with van der Waals surface area (Å²) in [5, 5.41) is 11.9. The molecule has 0 atom stereocenters. The summed E-state index contributed by atoms with van der Waals surface area (Å²) in [6, 6.07) is 7.39. The molecular formula is C23H24N4O6S2. The molecule has 3 rings (SSSR count). The molecule has 0 aliphatic heterocycles. The molecule has 0 aliphatic carbocycles. The van der Waals surface area contributed by atoms with E-state index in [1.807, 2.05) is 28.8 Å². The second kappa shape index (κ2) is 11.7. The minimum Gasteiger partial charge on any atom is -0.497 e. The molecule has 10 nitrogen and oxygen atoms in total.